The topological polar surface area (TPSA) is 147 Å². The minimum absolute atomic E-state index is 0.0132. The van der Waals surface area contributed by atoms with Gasteiger partial charge in [0.05, 0.1) is 23.7 Å². The number of ether oxygens (including phenoxy) is 2. The molecule has 0 aromatic heterocycles. The molecule has 0 spiro atoms. The Bertz CT molecular complexity index is 1910. The summed E-state index contributed by atoms with van der Waals surface area (Å²) in [6, 6.07) is 31.1. The fourth-order valence-electron chi connectivity index (χ4n) is 7.42. The van der Waals surface area contributed by atoms with Crippen molar-refractivity contribution in [2.45, 2.75) is 71.2 Å². The molecule has 12 heteroatoms. The number of unbranched alkanes of at least 4 members (excludes halogenated alkanes) is 2. The summed E-state index contributed by atoms with van der Waals surface area (Å²) < 4.78 is 13.6. The van der Waals surface area contributed by atoms with Crippen LogP contribution in [0.4, 0.5) is 11.4 Å². The van der Waals surface area contributed by atoms with Gasteiger partial charge in [-0.05, 0) is 64.9 Å². The summed E-state index contributed by atoms with van der Waals surface area (Å²) in [5, 5.41) is 26.6. The first kappa shape index (κ1) is 40.5. The number of aliphatic hydroxyl groups is 1. The van der Waals surface area contributed by atoms with Crippen LogP contribution in [0.2, 0.25) is 0 Å². The fourth-order valence-corrected chi connectivity index (χ4v) is 7.42. The number of amides is 2. The summed E-state index contributed by atoms with van der Waals surface area (Å²) in [7, 11) is 0. The normalized spacial score (nSPS) is 20.0. The van der Waals surface area contributed by atoms with E-state index in [1.807, 2.05) is 60.7 Å². The van der Waals surface area contributed by atoms with Gasteiger partial charge < -0.3 is 30.1 Å². The van der Waals surface area contributed by atoms with E-state index in [1.54, 1.807) is 12.1 Å². The summed E-state index contributed by atoms with van der Waals surface area (Å²) >= 11 is 0. The van der Waals surface area contributed by atoms with Crippen LogP contribution in [0, 0.1) is 16.0 Å². The maximum Gasteiger partial charge on any atom is 0.269 e. The van der Waals surface area contributed by atoms with Crippen molar-refractivity contribution in [3.63, 3.8) is 0 Å². The number of nitro benzene ring substituents is 1. The minimum atomic E-state index is -0.610. The number of non-ortho nitro benzene ring substituents is 1. The molecule has 56 heavy (non-hydrogen) atoms. The number of nitrogens with zero attached hydrogens (tertiary/aromatic N) is 3. The molecule has 0 saturated carbocycles. The molecule has 4 aromatic carbocycles. The standard InChI is InChI=1S/C44H53N5O7/c1-31-41(29-47-22-24-48(25-23-47)39-17-19-40(20-18-39)49(53)54)55-44(56-43(31)35-15-13-33(30-50)14-16-35)38-11-7-10-37(27-38)36-9-6-8-34(26-36)28-46-42(52)12-4-3-5-21-45-32(2)51/h6-11,13-20,26-27,31,41,43-44,50H,3-5,12,21-25,28-30H2,1-2H3,(H,45,51)(H,46,52)/t31-,41+,43+,44+/m1/s1. The van der Waals surface area contributed by atoms with Gasteiger partial charge in [0, 0.05) is 88.5 Å². The molecule has 6 rings (SSSR count). The van der Waals surface area contributed by atoms with Crippen LogP contribution in [-0.4, -0.2) is 72.1 Å². The number of hydrogen-bond acceptors (Lipinski definition) is 9. The van der Waals surface area contributed by atoms with E-state index in [-0.39, 0.29) is 47.2 Å². The summed E-state index contributed by atoms with van der Waals surface area (Å²) in [5.41, 5.74) is 6.91. The average molecular weight is 764 g/mol. The first-order valence-electron chi connectivity index (χ1n) is 19.6. The van der Waals surface area contributed by atoms with Gasteiger partial charge in [-0.25, -0.2) is 0 Å². The van der Waals surface area contributed by atoms with Gasteiger partial charge in [0.1, 0.15) is 0 Å². The highest BCUT2D eigenvalue weighted by molar-refractivity contribution is 5.76. The van der Waals surface area contributed by atoms with E-state index in [1.165, 1.54) is 6.92 Å². The van der Waals surface area contributed by atoms with Crippen LogP contribution in [0.15, 0.2) is 97.1 Å². The van der Waals surface area contributed by atoms with Crippen molar-refractivity contribution < 1.29 is 29.1 Å². The molecule has 0 aliphatic carbocycles. The van der Waals surface area contributed by atoms with Crippen LogP contribution in [0.3, 0.4) is 0 Å². The summed E-state index contributed by atoms with van der Waals surface area (Å²) in [5.74, 6) is 0.0183. The van der Waals surface area contributed by atoms with E-state index in [4.69, 9.17) is 9.47 Å². The SMILES string of the molecule is CC(=O)NCCCCCC(=O)NCc1cccc(-c2cccc([C@H]3O[C@@H](CN4CCN(c5ccc([N+](=O)[O-])cc5)CC4)[C@@H](C)[C@@H](c4ccc(CO)cc4)O3)c2)c1. The molecular formula is C44H53N5O7. The highest BCUT2D eigenvalue weighted by Gasteiger charge is 2.39. The number of aliphatic hydroxyl groups excluding tert-OH is 1. The Labute approximate surface area is 329 Å². The van der Waals surface area contributed by atoms with Gasteiger partial charge in [0.2, 0.25) is 11.8 Å². The van der Waals surface area contributed by atoms with Crippen LogP contribution in [-0.2, 0) is 32.2 Å². The molecular weight excluding hydrogens is 711 g/mol. The molecule has 2 aliphatic heterocycles. The van der Waals surface area contributed by atoms with Crippen LogP contribution in [0.5, 0.6) is 0 Å². The number of rotatable bonds is 16. The Balaban J connectivity index is 1.11. The lowest BCUT2D eigenvalue weighted by Gasteiger charge is -2.44. The van der Waals surface area contributed by atoms with Gasteiger partial charge in [0.25, 0.3) is 5.69 Å². The Kier molecular flexibility index (Phi) is 14.2. The predicted molar refractivity (Wildman–Crippen MR) is 216 cm³/mol. The molecule has 4 atom stereocenters. The van der Waals surface area contributed by atoms with Crippen molar-refractivity contribution in [2.24, 2.45) is 5.92 Å². The minimum Gasteiger partial charge on any atom is -0.392 e. The van der Waals surface area contributed by atoms with Crippen molar-refractivity contribution in [3.05, 3.63) is 129 Å². The fraction of sp³-hybridized carbons (Fsp3) is 0.409. The second-order valence-electron chi connectivity index (χ2n) is 14.8. The van der Waals surface area contributed by atoms with E-state index in [2.05, 4.69) is 51.6 Å². The first-order valence-corrected chi connectivity index (χ1v) is 19.6. The quantitative estimate of drug-likeness (QED) is 0.0646. The molecule has 2 heterocycles. The van der Waals surface area contributed by atoms with E-state index < -0.39 is 6.29 Å². The number of carbonyl (C=O) groups is 2. The maximum atomic E-state index is 12.5. The zero-order valence-electron chi connectivity index (χ0n) is 32.3. The summed E-state index contributed by atoms with van der Waals surface area (Å²) in [4.78, 5) is 39.0. The lowest BCUT2D eigenvalue weighted by atomic mass is 9.89. The molecule has 4 aromatic rings. The van der Waals surface area contributed by atoms with Crippen molar-refractivity contribution in [1.29, 1.82) is 0 Å². The number of hydrogen-bond donors (Lipinski definition) is 3. The molecule has 0 bridgehead atoms. The summed E-state index contributed by atoms with van der Waals surface area (Å²) in [6.45, 7) is 8.72. The molecule has 2 aliphatic rings. The van der Waals surface area contributed by atoms with Crippen molar-refractivity contribution in [2.75, 3.05) is 44.2 Å². The van der Waals surface area contributed by atoms with Gasteiger partial charge in [-0.3, -0.25) is 24.6 Å². The maximum absolute atomic E-state index is 12.5. The van der Waals surface area contributed by atoms with Crippen LogP contribution >= 0.6 is 0 Å². The van der Waals surface area contributed by atoms with Gasteiger partial charge in [-0.15, -0.1) is 0 Å². The Morgan fingerprint density at radius 3 is 2.23 bits per heavy atom. The van der Waals surface area contributed by atoms with Crippen LogP contribution < -0.4 is 15.5 Å². The molecule has 0 unspecified atom stereocenters. The van der Waals surface area contributed by atoms with E-state index in [0.29, 0.717) is 19.5 Å². The van der Waals surface area contributed by atoms with Crippen molar-refractivity contribution in [1.82, 2.24) is 15.5 Å². The Morgan fingerprint density at radius 1 is 0.821 bits per heavy atom. The van der Waals surface area contributed by atoms with E-state index in [0.717, 1.165) is 91.1 Å². The second-order valence-corrected chi connectivity index (χ2v) is 14.8. The molecule has 3 N–H and O–H groups in total. The van der Waals surface area contributed by atoms with E-state index in [9.17, 15) is 24.8 Å². The molecule has 296 valence electrons. The largest absolute Gasteiger partial charge is 0.392 e. The van der Waals surface area contributed by atoms with Gasteiger partial charge in [0.15, 0.2) is 6.29 Å². The zero-order valence-corrected chi connectivity index (χ0v) is 32.3. The first-order chi connectivity index (χ1) is 27.2. The third-order valence-corrected chi connectivity index (χ3v) is 10.7. The monoisotopic (exact) mass is 763 g/mol. The zero-order chi connectivity index (χ0) is 39.4. The van der Waals surface area contributed by atoms with Gasteiger partial charge in [-0.2, -0.15) is 0 Å². The van der Waals surface area contributed by atoms with Gasteiger partial charge >= 0.3 is 0 Å². The lowest BCUT2D eigenvalue weighted by Crippen LogP contribution is -2.51. The number of nitro groups is 1. The number of piperazine rings is 1. The number of benzene rings is 4. The molecule has 0 radical (unpaired) electrons. The smallest absolute Gasteiger partial charge is 0.269 e. The molecule has 2 amide bonds. The summed E-state index contributed by atoms with van der Waals surface area (Å²) in [6.07, 6.45) is 1.99. The predicted octanol–water partition coefficient (Wildman–Crippen LogP) is 6.68. The molecule has 2 saturated heterocycles. The number of nitrogens with one attached hydrogen (secondary N) is 2. The van der Waals surface area contributed by atoms with Crippen LogP contribution in [0.1, 0.15) is 74.2 Å². The van der Waals surface area contributed by atoms with Crippen molar-refractivity contribution in [3.8, 4) is 11.1 Å². The van der Waals surface area contributed by atoms with E-state index >= 15 is 0 Å². The molecule has 12 nitrogen and oxygen atoms in total. The van der Waals surface area contributed by atoms with Crippen molar-refractivity contribution >= 4 is 23.2 Å². The van der Waals surface area contributed by atoms with Gasteiger partial charge in [-0.1, -0.05) is 74.0 Å². The Morgan fingerprint density at radius 2 is 1.54 bits per heavy atom. The molecule has 2 fully saturated rings. The van der Waals surface area contributed by atoms with Crippen LogP contribution in [0.25, 0.3) is 11.1 Å². The third-order valence-electron chi connectivity index (χ3n) is 10.7. The Hall–Kier alpha value is -5.14. The lowest BCUT2D eigenvalue weighted by molar-refractivity contribution is -0.384. The number of anilines is 1. The highest BCUT2D eigenvalue weighted by atomic mass is 16.7. The number of carbonyl (C=O) groups excluding carboxylic acids is 2. The highest BCUT2D eigenvalue weighted by Crippen LogP contribution is 2.42. The second kappa shape index (κ2) is 19.6. The third kappa shape index (κ3) is 11.0. The average Bonchev–Trinajstić information content (AvgIpc) is 3.22.